The number of aliphatic hydroxyl groups is 1. The van der Waals surface area contributed by atoms with Crippen molar-refractivity contribution >= 4 is 17.4 Å². The number of hydrogen-bond acceptors (Lipinski definition) is 5. The number of likely N-dealkylation sites (tertiary alicyclic amines) is 1. The van der Waals surface area contributed by atoms with Crippen LogP contribution >= 0.6 is 0 Å². The van der Waals surface area contributed by atoms with Crippen molar-refractivity contribution in [1.29, 1.82) is 0 Å². The van der Waals surface area contributed by atoms with E-state index in [9.17, 15) is 14.7 Å². The third-order valence-electron chi connectivity index (χ3n) is 5.65. The van der Waals surface area contributed by atoms with E-state index in [1.807, 2.05) is 56.3 Å². The van der Waals surface area contributed by atoms with Crippen LogP contribution in [0.15, 0.2) is 54.1 Å². The summed E-state index contributed by atoms with van der Waals surface area (Å²) >= 11 is 0. The lowest BCUT2D eigenvalue weighted by Crippen LogP contribution is -2.35. The molecule has 32 heavy (non-hydrogen) atoms. The van der Waals surface area contributed by atoms with Crippen LogP contribution in [0.3, 0.4) is 0 Å². The van der Waals surface area contributed by atoms with E-state index in [-0.39, 0.29) is 11.3 Å². The van der Waals surface area contributed by atoms with Crippen molar-refractivity contribution in [1.82, 2.24) is 9.80 Å². The van der Waals surface area contributed by atoms with Crippen LogP contribution in [0.1, 0.15) is 42.5 Å². The highest BCUT2D eigenvalue weighted by Gasteiger charge is 2.45. The molecule has 0 spiro atoms. The zero-order valence-corrected chi connectivity index (χ0v) is 19.3. The molecule has 1 atom stereocenters. The van der Waals surface area contributed by atoms with E-state index < -0.39 is 17.7 Å². The van der Waals surface area contributed by atoms with Crippen LogP contribution in [0.25, 0.3) is 5.76 Å². The minimum Gasteiger partial charge on any atom is -0.507 e. The van der Waals surface area contributed by atoms with Crippen LogP contribution in [-0.2, 0) is 9.59 Å². The molecular weight excluding hydrogens is 404 g/mol. The first-order chi connectivity index (χ1) is 15.3. The first-order valence-electron chi connectivity index (χ1n) is 11.1. The van der Waals surface area contributed by atoms with E-state index in [0.29, 0.717) is 25.3 Å². The highest BCUT2D eigenvalue weighted by molar-refractivity contribution is 6.46. The second-order valence-electron chi connectivity index (χ2n) is 8.39. The van der Waals surface area contributed by atoms with Gasteiger partial charge in [0.05, 0.1) is 18.2 Å². The van der Waals surface area contributed by atoms with Gasteiger partial charge < -0.3 is 19.6 Å². The van der Waals surface area contributed by atoms with Gasteiger partial charge in [0.25, 0.3) is 11.7 Å². The number of ether oxygens (including phenoxy) is 1. The molecule has 1 heterocycles. The maximum Gasteiger partial charge on any atom is 0.295 e. The Morgan fingerprint density at radius 3 is 2.47 bits per heavy atom. The molecule has 1 amide bonds. The molecule has 1 aliphatic heterocycles. The molecule has 6 nitrogen and oxygen atoms in total. The summed E-state index contributed by atoms with van der Waals surface area (Å²) in [6.07, 6.45) is 2.01. The molecule has 0 aromatic heterocycles. The molecule has 6 heteroatoms. The molecule has 0 bridgehead atoms. The van der Waals surface area contributed by atoms with Gasteiger partial charge in [0, 0.05) is 18.7 Å². The van der Waals surface area contributed by atoms with Gasteiger partial charge in [0.15, 0.2) is 0 Å². The monoisotopic (exact) mass is 436 g/mol. The van der Waals surface area contributed by atoms with Crippen LogP contribution < -0.4 is 4.74 Å². The van der Waals surface area contributed by atoms with Gasteiger partial charge in [-0.15, -0.1) is 0 Å². The quantitative estimate of drug-likeness (QED) is 0.277. The molecule has 3 rings (SSSR count). The largest absolute Gasteiger partial charge is 0.507 e. The van der Waals surface area contributed by atoms with Gasteiger partial charge in [0.2, 0.25) is 0 Å². The molecule has 1 N–H and O–H groups in total. The Balaban J connectivity index is 2.03. The van der Waals surface area contributed by atoms with Gasteiger partial charge in [-0.25, -0.2) is 0 Å². The van der Waals surface area contributed by atoms with Crippen LogP contribution in [0.2, 0.25) is 0 Å². The minimum absolute atomic E-state index is 0.124. The number of likely N-dealkylation sites (N-methyl/N-ethyl adjacent to an activating group) is 1. The van der Waals surface area contributed by atoms with E-state index in [1.54, 1.807) is 23.1 Å². The Kier molecular flexibility index (Phi) is 7.70. The van der Waals surface area contributed by atoms with Gasteiger partial charge in [-0.1, -0.05) is 43.7 Å². The highest BCUT2D eigenvalue weighted by atomic mass is 16.5. The molecule has 2 aromatic rings. The molecule has 1 aliphatic rings. The molecule has 0 unspecified atom stereocenters. The number of rotatable bonds is 9. The summed E-state index contributed by atoms with van der Waals surface area (Å²) in [4.78, 5) is 29.5. The molecule has 0 aliphatic carbocycles. The zero-order chi connectivity index (χ0) is 23.3. The second kappa shape index (κ2) is 10.5. The summed E-state index contributed by atoms with van der Waals surface area (Å²) in [6, 6.07) is 14.1. The highest BCUT2D eigenvalue weighted by Crippen LogP contribution is 2.39. The number of nitrogens with zero attached hydrogens (tertiary/aromatic N) is 2. The van der Waals surface area contributed by atoms with Crippen molar-refractivity contribution in [3.05, 3.63) is 70.8 Å². The van der Waals surface area contributed by atoms with Crippen molar-refractivity contribution in [3.63, 3.8) is 0 Å². The summed E-state index contributed by atoms with van der Waals surface area (Å²) in [6.45, 7) is 5.64. The average molecular weight is 437 g/mol. The molecular formula is C26H32N2O4. The van der Waals surface area contributed by atoms with E-state index >= 15 is 0 Å². The van der Waals surface area contributed by atoms with Gasteiger partial charge in [-0.3, -0.25) is 9.59 Å². The number of ketones is 1. The molecule has 170 valence electrons. The molecule has 1 saturated heterocycles. The van der Waals surface area contributed by atoms with Crippen molar-refractivity contribution in [2.45, 2.75) is 32.7 Å². The summed E-state index contributed by atoms with van der Waals surface area (Å²) in [7, 11) is 3.84. The standard InChI is InChI=1S/C26H32N2O4/c1-5-6-16-32-21-13-12-20(17-18(21)2)24(29)22-23(19-10-8-7-9-11-19)28(15-14-27(3)4)26(31)25(22)30/h7-13,17,23,29H,5-6,14-16H2,1-4H3/b24-22+/t23-/m1/s1. The van der Waals surface area contributed by atoms with Gasteiger partial charge in [-0.2, -0.15) is 0 Å². The molecule has 0 saturated carbocycles. The number of benzene rings is 2. The lowest BCUT2D eigenvalue weighted by Gasteiger charge is -2.26. The third-order valence-corrected chi connectivity index (χ3v) is 5.65. The maximum absolute atomic E-state index is 13.0. The first kappa shape index (κ1) is 23.5. The smallest absolute Gasteiger partial charge is 0.295 e. The van der Waals surface area contributed by atoms with E-state index in [4.69, 9.17) is 4.74 Å². The lowest BCUT2D eigenvalue weighted by atomic mass is 9.95. The maximum atomic E-state index is 13.0. The SMILES string of the molecule is CCCCOc1ccc(/C(O)=C2\C(=O)C(=O)N(CCN(C)C)[C@@H]2c2ccccc2)cc1C. The zero-order valence-electron chi connectivity index (χ0n) is 19.3. The number of aliphatic hydroxyl groups excluding tert-OH is 1. The third kappa shape index (κ3) is 5.02. The summed E-state index contributed by atoms with van der Waals surface area (Å²) in [5, 5.41) is 11.2. The van der Waals surface area contributed by atoms with Crippen molar-refractivity contribution in [2.24, 2.45) is 0 Å². The molecule has 2 aromatic carbocycles. The van der Waals surface area contributed by atoms with E-state index in [1.165, 1.54) is 0 Å². The number of Topliss-reactive ketones (excluding diaryl/α,β-unsaturated/α-hetero) is 1. The van der Waals surface area contributed by atoms with E-state index in [2.05, 4.69) is 6.92 Å². The Morgan fingerprint density at radius 1 is 1.12 bits per heavy atom. The number of carbonyl (C=O) groups is 2. The fourth-order valence-electron chi connectivity index (χ4n) is 3.84. The average Bonchev–Trinajstić information content (AvgIpc) is 3.03. The topological polar surface area (TPSA) is 70.1 Å². The molecule has 1 fully saturated rings. The predicted molar refractivity (Wildman–Crippen MR) is 126 cm³/mol. The van der Waals surface area contributed by atoms with Crippen molar-refractivity contribution in [2.75, 3.05) is 33.8 Å². The fraction of sp³-hybridized carbons (Fsp3) is 0.385. The van der Waals surface area contributed by atoms with E-state index in [0.717, 1.165) is 29.7 Å². The number of unbranched alkanes of at least 4 members (excludes halogenated alkanes) is 1. The van der Waals surface area contributed by atoms with Gasteiger partial charge >= 0.3 is 0 Å². The van der Waals surface area contributed by atoms with Crippen LogP contribution in [0, 0.1) is 6.92 Å². The van der Waals surface area contributed by atoms with Crippen molar-refractivity contribution in [3.8, 4) is 5.75 Å². The van der Waals surface area contributed by atoms with Crippen LogP contribution in [0.5, 0.6) is 5.75 Å². The van der Waals surface area contributed by atoms with Crippen LogP contribution in [0.4, 0.5) is 0 Å². The molecule has 0 radical (unpaired) electrons. The van der Waals surface area contributed by atoms with Crippen LogP contribution in [-0.4, -0.2) is 60.4 Å². The number of aryl methyl sites for hydroxylation is 1. The Hall–Kier alpha value is -3.12. The van der Waals surface area contributed by atoms with Gasteiger partial charge in [0.1, 0.15) is 11.5 Å². The Labute approximate surface area is 190 Å². The normalized spacial score (nSPS) is 17.9. The summed E-state index contributed by atoms with van der Waals surface area (Å²) < 4.78 is 5.81. The minimum atomic E-state index is -0.656. The lowest BCUT2D eigenvalue weighted by molar-refractivity contribution is -0.140. The number of amides is 1. The second-order valence-corrected chi connectivity index (χ2v) is 8.39. The summed E-state index contributed by atoms with van der Waals surface area (Å²) in [5.74, 6) is -0.650. The Morgan fingerprint density at radius 2 is 1.84 bits per heavy atom. The Bertz CT molecular complexity index is 998. The fourth-order valence-corrected chi connectivity index (χ4v) is 3.84. The van der Waals surface area contributed by atoms with Gasteiger partial charge in [-0.05, 0) is 56.8 Å². The number of hydrogen-bond donors (Lipinski definition) is 1. The summed E-state index contributed by atoms with van der Waals surface area (Å²) in [5.41, 5.74) is 2.28. The predicted octanol–water partition coefficient (Wildman–Crippen LogP) is 4.16. The number of carbonyl (C=O) groups excluding carboxylic acids is 2. The van der Waals surface area contributed by atoms with Crippen molar-refractivity contribution < 1.29 is 19.4 Å². The first-order valence-corrected chi connectivity index (χ1v) is 11.1.